The summed E-state index contributed by atoms with van der Waals surface area (Å²) in [6, 6.07) is 5.97. The fourth-order valence-corrected chi connectivity index (χ4v) is 2.88. The van der Waals surface area contributed by atoms with Gasteiger partial charge >= 0.3 is 0 Å². The minimum absolute atomic E-state index is 0.00177. The third-order valence-electron chi connectivity index (χ3n) is 4.26. The van der Waals surface area contributed by atoms with Crippen LogP contribution in [0.1, 0.15) is 30.9 Å². The smallest absolute Gasteiger partial charge is 0.246 e. The van der Waals surface area contributed by atoms with Gasteiger partial charge in [-0.2, -0.15) is 0 Å². The molecule has 0 spiro atoms. The first-order chi connectivity index (χ1) is 10.4. The molecule has 1 fully saturated rings. The lowest BCUT2D eigenvalue weighted by atomic mass is 9.96. The van der Waals surface area contributed by atoms with E-state index in [-0.39, 0.29) is 11.8 Å². The molecule has 5 heteroatoms. The molecule has 22 heavy (non-hydrogen) atoms. The number of benzene rings is 1. The molecule has 1 aliphatic rings. The highest BCUT2D eigenvalue weighted by Crippen LogP contribution is 2.37. The molecule has 1 heterocycles. The van der Waals surface area contributed by atoms with Gasteiger partial charge in [-0.25, -0.2) is 0 Å². The number of ether oxygens (including phenoxy) is 1. The summed E-state index contributed by atoms with van der Waals surface area (Å²) in [7, 11) is 1.59. The van der Waals surface area contributed by atoms with Gasteiger partial charge in [0.25, 0.3) is 0 Å². The van der Waals surface area contributed by atoms with Gasteiger partial charge < -0.3 is 10.1 Å². The molecule has 0 radical (unpaired) electrons. The molecule has 0 aromatic heterocycles. The van der Waals surface area contributed by atoms with Crippen molar-refractivity contribution < 1.29 is 14.3 Å². The second kappa shape index (κ2) is 6.48. The van der Waals surface area contributed by atoms with E-state index in [0.717, 1.165) is 16.8 Å². The van der Waals surface area contributed by atoms with E-state index in [0.29, 0.717) is 26.0 Å². The fourth-order valence-electron chi connectivity index (χ4n) is 2.88. The van der Waals surface area contributed by atoms with Crippen LogP contribution in [-0.2, 0) is 14.3 Å². The lowest BCUT2D eigenvalue weighted by Gasteiger charge is -2.35. The third kappa shape index (κ3) is 2.99. The molecule has 120 valence electrons. The van der Waals surface area contributed by atoms with E-state index in [2.05, 4.69) is 5.32 Å². The van der Waals surface area contributed by atoms with E-state index in [1.807, 2.05) is 39.0 Å². The summed E-state index contributed by atoms with van der Waals surface area (Å²) in [6.07, 6.45) is 0.916. The van der Waals surface area contributed by atoms with E-state index < -0.39 is 5.54 Å². The average molecular weight is 304 g/mol. The molecule has 5 nitrogen and oxygen atoms in total. The van der Waals surface area contributed by atoms with Crippen molar-refractivity contribution in [2.45, 2.75) is 39.2 Å². The zero-order chi connectivity index (χ0) is 16.3. The molecule has 0 bridgehead atoms. The molecule has 1 aromatic carbocycles. The van der Waals surface area contributed by atoms with Crippen molar-refractivity contribution >= 4 is 17.5 Å². The first kappa shape index (κ1) is 16.5. The Morgan fingerprint density at radius 2 is 2.14 bits per heavy atom. The van der Waals surface area contributed by atoms with Crippen molar-refractivity contribution in [1.29, 1.82) is 0 Å². The lowest BCUT2D eigenvalue weighted by Crippen LogP contribution is -2.55. The molecule has 1 saturated heterocycles. The second-order valence-electron chi connectivity index (χ2n) is 6.04. The van der Waals surface area contributed by atoms with Crippen LogP contribution in [0.15, 0.2) is 18.2 Å². The SMILES string of the molecule is COCCNC(=O)[C@@]1(C)CCC(=O)N1c1cc(C)ccc1C. The van der Waals surface area contributed by atoms with E-state index in [4.69, 9.17) is 4.74 Å². The molecule has 2 amide bonds. The number of aryl methyl sites for hydroxylation is 2. The number of amides is 2. The van der Waals surface area contributed by atoms with E-state index in [1.54, 1.807) is 12.0 Å². The Labute approximate surface area is 131 Å². The highest BCUT2D eigenvalue weighted by Gasteiger charge is 2.48. The maximum absolute atomic E-state index is 12.6. The summed E-state index contributed by atoms with van der Waals surface area (Å²) < 4.78 is 4.96. The molecule has 0 unspecified atom stereocenters. The van der Waals surface area contributed by atoms with Gasteiger partial charge in [-0.05, 0) is 44.4 Å². The Balaban J connectivity index is 2.32. The average Bonchev–Trinajstić information content (AvgIpc) is 2.79. The molecule has 0 aliphatic carbocycles. The molecule has 2 rings (SSSR count). The molecule has 1 aliphatic heterocycles. The number of rotatable bonds is 5. The van der Waals surface area contributed by atoms with Crippen molar-refractivity contribution in [3.8, 4) is 0 Å². The Kier molecular flexibility index (Phi) is 4.86. The van der Waals surface area contributed by atoms with Crippen molar-refractivity contribution in [3.63, 3.8) is 0 Å². The summed E-state index contributed by atoms with van der Waals surface area (Å²) >= 11 is 0. The third-order valence-corrected chi connectivity index (χ3v) is 4.26. The normalized spacial score (nSPS) is 21.3. The number of hydrogen-bond donors (Lipinski definition) is 1. The van der Waals surface area contributed by atoms with Crippen LogP contribution in [0.4, 0.5) is 5.69 Å². The summed E-state index contributed by atoms with van der Waals surface area (Å²) in [6.45, 7) is 6.68. The van der Waals surface area contributed by atoms with Crippen LogP contribution in [0.2, 0.25) is 0 Å². The molecule has 0 saturated carbocycles. The summed E-state index contributed by atoms with van der Waals surface area (Å²) in [4.78, 5) is 26.7. The zero-order valence-corrected chi connectivity index (χ0v) is 13.7. The van der Waals surface area contributed by atoms with Gasteiger partial charge in [-0.1, -0.05) is 12.1 Å². The predicted molar refractivity (Wildman–Crippen MR) is 85.9 cm³/mol. The van der Waals surface area contributed by atoms with Gasteiger partial charge in [0, 0.05) is 25.8 Å². The van der Waals surface area contributed by atoms with Gasteiger partial charge in [0.15, 0.2) is 0 Å². The minimum atomic E-state index is -0.844. The maximum Gasteiger partial charge on any atom is 0.246 e. The van der Waals surface area contributed by atoms with Crippen LogP contribution < -0.4 is 10.2 Å². The summed E-state index contributed by atoms with van der Waals surface area (Å²) in [5.41, 5.74) is 2.05. The van der Waals surface area contributed by atoms with E-state index in [1.165, 1.54) is 0 Å². The van der Waals surface area contributed by atoms with Gasteiger partial charge in [0.05, 0.1) is 6.61 Å². The molecule has 1 N–H and O–H groups in total. The van der Waals surface area contributed by atoms with Gasteiger partial charge in [-0.15, -0.1) is 0 Å². The molecular weight excluding hydrogens is 280 g/mol. The fraction of sp³-hybridized carbons (Fsp3) is 0.529. The van der Waals surface area contributed by atoms with Crippen molar-refractivity contribution in [2.75, 3.05) is 25.2 Å². The maximum atomic E-state index is 12.6. The number of nitrogens with one attached hydrogen (secondary N) is 1. The number of anilines is 1. The molecular formula is C17H24N2O3. The first-order valence-electron chi connectivity index (χ1n) is 7.57. The zero-order valence-electron chi connectivity index (χ0n) is 13.7. The Hall–Kier alpha value is -1.88. The van der Waals surface area contributed by atoms with E-state index in [9.17, 15) is 9.59 Å². The number of methoxy groups -OCH3 is 1. The van der Waals surface area contributed by atoms with Crippen LogP contribution in [0.25, 0.3) is 0 Å². The van der Waals surface area contributed by atoms with Crippen LogP contribution in [0, 0.1) is 13.8 Å². The van der Waals surface area contributed by atoms with Gasteiger partial charge in [0.2, 0.25) is 11.8 Å². The Morgan fingerprint density at radius 3 is 2.82 bits per heavy atom. The number of nitrogens with zero attached hydrogens (tertiary/aromatic N) is 1. The highest BCUT2D eigenvalue weighted by molar-refractivity contribution is 6.07. The van der Waals surface area contributed by atoms with Crippen LogP contribution in [-0.4, -0.2) is 37.6 Å². The van der Waals surface area contributed by atoms with Crippen molar-refractivity contribution in [2.24, 2.45) is 0 Å². The summed E-state index contributed by atoms with van der Waals surface area (Å²) in [5, 5.41) is 2.86. The number of carbonyl (C=O) groups is 2. The Bertz CT molecular complexity index is 585. The molecule has 1 atom stereocenters. The number of carbonyl (C=O) groups excluding carboxylic acids is 2. The van der Waals surface area contributed by atoms with Gasteiger partial charge in [0.1, 0.15) is 5.54 Å². The van der Waals surface area contributed by atoms with Gasteiger partial charge in [-0.3, -0.25) is 14.5 Å². The van der Waals surface area contributed by atoms with E-state index >= 15 is 0 Å². The van der Waals surface area contributed by atoms with Crippen LogP contribution in [0.5, 0.6) is 0 Å². The van der Waals surface area contributed by atoms with Crippen LogP contribution in [0.3, 0.4) is 0 Å². The lowest BCUT2D eigenvalue weighted by molar-refractivity contribution is -0.127. The topological polar surface area (TPSA) is 58.6 Å². The van der Waals surface area contributed by atoms with Crippen molar-refractivity contribution in [1.82, 2.24) is 5.32 Å². The van der Waals surface area contributed by atoms with Crippen LogP contribution >= 0.6 is 0 Å². The number of hydrogen-bond acceptors (Lipinski definition) is 3. The highest BCUT2D eigenvalue weighted by atomic mass is 16.5. The predicted octanol–water partition coefficient (Wildman–Crippen LogP) is 1.95. The molecule has 1 aromatic rings. The monoisotopic (exact) mass is 304 g/mol. The quantitative estimate of drug-likeness (QED) is 0.846. The minimum Gasteiger partial charge on any atom is -0.383 e. The second-order valence-corrected chi connectivity index (χ2v) is 6.04. The standard InChI is InChI=1S/C17H24N2O3/c1-12-5-6-13(2)14(11-12)19-15(20)7-8-17(19,3)16(21)18-9-10-22-4/h5-6,11H,7-10H2,1-4H3,(H,18,21)/t17-/m1/s1. The largest absolute Gasteiger partial charge is 0.383 e. The Morgan fingerprint density at radius 1 is 1.41 bits per heavy atom. The van der Waals surface area contributed by atoms with Crippen molar-refractivity contribution in [3.05, 3.63) is 29.3 Å². The first-order valence-corrected chi connectivity index (χ1v) is 7.57. The summed E-state index contributed by atoms with van der Waals surface area (Å²) in [5.74, 6) is -0.130.